The van der Waals surface area contributed by atoms with Crippen molar-refractivity contribution in [3.63, 3.8) is 0 Å². The van der Waals surface area contributed by atoms with Crippen molar-refractivity contribution in [1.82, 2.24) is 20.5 Å². The van der Waals surface area contributed by atoms with Crippen molar-refractivity contribution in [3.8, 4) is 17.7 Å². The second-order valence-corrected chi connectivity index (χ2v) is 7.89. The topological polar surface area (TPSA) is 119 Å². The number of hydrogen-bond donors (Lipinski definition) is 3. The molecule has 0 bridgehead atoms. The van der Waals surface area contributed by atoms with E-state index in [1.54, 1.807) is 47.4 Å². The van der Waals surface area contributed by atoms with Crippen LogP contribution < -0.4 is 20.7 Å². The molecule has 1 aliphatic heterocycles. The lowest BCUT2D eigenvalue weighted by atomic mass is 9.90. The van der Waals surface area contributed by atoms with Gasteiger partial charge in [0.1, 0.15) is 17.5 Å². The molecule has 2 aromatic rings. The average Bonchev–Trinajstić information content (AvgIpc) is 2.79. The molecule has 1 aliphatic carbocycles. The van der Waals surface area contributed by atoms with Crippen LogP contribution in [0.15, 0.2) is 54.1 Å². The molecule has 32 heavy (non-hydrogen) atoms. The lowest BCUT2D eigenvalue weighted by Crippen LogP contribution is -2.66. The van der Waals surface area contributed by atoms with E-state index in [0.29, 0.717) is 29.8 Å². The van der Waals surface area contributed by atoms with Gasteiger partial charge in [0.2, 0.25) is 5.88 Å². The van der Waals surface area contributed by atoms with E-state index in [4.69, 9.17) is 10.00 Å². The number of amides is 4. The van der Waals surface area contributed by atoms with Crippen molar-refractivity contribution in [1.29, 1.82) is 5.26 Å². The minimum atomic E-state index is -0.663. The molecule has 2 heterocycles. The minimum absolute atomic E-state index is 0.274. The first-order valence-corrected chi connectivity index (χ1v) is 10.5. The Hall–Kier alpha value is -4.06. The molecule has 0 spiro atoms. The van der Waals surface area contributed by atoms with Crippen LogP contribution >= 0.6 is 0 Å². The third-order valence-corrected chi connectivity index (χ3v) is 5.48. The molecule has 3 N–H and O–H groups in total. The minimum Gasteiger partial charge on any atom is -0.439 e. The second kappa shape index (κ2) is 9.39. The predicted molar refractivity (Wildman–Crippen MR) is 118 cm³/mol. The summed E-state index contributed by atoms with van der Waals surface area (Å²) >= 11 is 0. The fourth-order valence-corrected chi connectivity index (χ4v) is 3.72. The Kier molecular flexibility index (Phi) is 6.22. The van der Waals surface area contributed by atoms with Crippen LogP contribution in [0.2, 0.25) is 0 Å². The Bertz CT molecular complexity index is 1080. The second-order valence-electron chi connectivity index (χ2n) is 7.89. The highest BCUT2D eigenvalue weighted by atomic mass is 16.5. The molecule has 2 atom stereocenters. The summed E-state index contributed by atoms with van der Waals surface area (Å²) < 4.78 is 5.69. The molecule has 2 aliphatic rings. The quantitative estimate of drug-likeness (QED) is 0.595. The zero-order chi connectivity index (χ0) is 22.5. The van der Waals surface area contributed by atoms with Crippen LogP contribution in [0.5, 0.6) is 11.6 Å². The lowest BCUT2D eigenvalue weighted by molar-refractivity contribution is 0.140. The third-order valence-electron chi connectivity index (χ3n) is 5.48. The van der Waals surface area contributed by atoms with E-state index in [-0.39, 0.29) is 5.69 Å². The number of allylic oxidation sites excluding steroid dienone is 2. The highest BCUT2D eigenvalue weighted by Crippen LogP contribution is 2.26. The molecular weight excluding hydrogens is 408 g/mol. The van der Waals surface area contributed by atoms with Gasteiger partial charge in [-0.2, -0.15) is 5.26 Å². The Labute approximate surface area is 186 Å². The van der Waals surface area contributed by atoms with Gasteiger partial charge in [-0.05, 0) is 62.4 Å². The molecular formula is C23H24N6O3. The number of ether oxygens (including phenoxy) is 1. The number of nitrogens with one attached hydrogen (secondary N) is 3. The van der Waals surface area contributed by atoms with Crippen LogP contribution in [-0.2, 0) is 0 Å². The van der Waals surface area contributed by atoms with E-state index in [1.807, 2.05) is 6.07 Å². The maximum absolute atomic E-state index is 12.5. The first kappa shape index (κ1) is 21.2. The van der Waals surface area contributed by atoms with Crippen LogP contribution in [0.3, 0.4) is 0 Å². The van der Waals surface area contributed by atoms with E-state index in [2.05, 4.69) is 33.9 Å². The predicted octanol–water partition coefficient (Wildman–Crippen LogP) is 3.92. The monoisotopic (exact) mass is 432 g/mol. The first-order valence-electron chi connectivity index (χ1n) is 10.5. The Morgan fingerprint density at radius 1 is 1.25 bits per heavy atom. The lowest BCUT2D eigenvalue weighted by Gasteiger charge is -2.39. The molecule has 9 nitrogen and oxygen atoms in total. The van der Waals surface area contributed by atoms with Crippen LogP contribution in [0.4, 0.5) is 15.3 Å². The number of carbonyl (C=O) groups is 2. The molecule has 1 fully saturated rings. The Morgan fingerprint density at radius 2 is 2.06 bits per heavy atom. The fraction of sp³-hybridized carbons (Fsp3) is 0.304. The van der Waals surface area contributed by atoms with Gasteiger partial charge in [-0.15, -0.1) is 0 Å². The number of nitrogens with zero attached hydrogens (tertiary/aromatic N) is 3. The van der Waals surface area contributed by atoms with Crippen molar-refractivity contribution in [2.45, 2.75) is 32.5 Å². The number of hydrogen-bond acceptors (Lipinski definition) is 6. The molecule has 4 rings (SSSR count). The molecule has 0 saturated carbocycles. The maximum atomic E-state index is 12.5. The van der Waals surface area contributed by atoms with E-state index >= 15 is 0 Å². The number of urea groups is 2. The highest BCUT2D eigenvalue weighted by Gasteiger charge is 2.33. The van der Waals surface area contributed by atoms with Crippen molar-refractivity contribution >= 4 is 17.7 Å². The zero-order valence-corrected chi connectivity index (χ0v) is 17.7. The van der Waals surface area contributed by atoms with Gasteiger partial charge in [-0.1, -0.05) is 17.7 Å². The van der Waals surface area contributed by atoms with Gasteiger partial charge in [0.25, 0.3) is 0 Å². The molecule has 164 valence electrons. The Balaban J connectivity index is 1.42. The highest BCUT2D eigenvalue weighted by molar-refractivity contribution is 5.96. The Morgan fingerprint density at radius 3 is 2.78 bits per heavy atom. The third kappa shape index (κ3) is 5.16. The molecule has 9 heteroatoms. The van der Waals surface area contributed by atoms with Gasteiger partial charge < -0.3 is 10.1 Å². The summed E-state index contributed by atoms with van der Waals surface area (Å²) in [7, 11) is 0. The number of aromatic nitrogens is 1. The summed E-state index contributed by atoms with van der Waals surface area (Å²) in [5.74, 6) is 1.21. The van der Waals surface area contributed by atoms with Crippen molar-refractivity contribution in [2.24, 2.45) is 5.92 Å². The van der Waals surface area contributed by atoms with Gasteiger partial charge in [-0.3, -0.25) is 15.5 Å². The molecule has 0 radical (unpaired) electrons. The standard InChI is InChI=1S/C23H24N6O3/c1-15-5-7-16(8-6-15)14-29-21(27-22(30)28-23(29)31)26-17-9-11-19(12-10-17)32-20-4-2-3-18(13-24)25-20/h2-5,9-12,16,21,26H,6-8,14H2,1H3,(H2,27,28,30,31). The molecule has 4 amide bonds. The number of anilines is 1. The number of nitriles is 1. The van der Waals surface area contributed by atoms with Crippen molar-refractivity contribution in [2.75, 3.05) is 11.9 Å². The van der Waals surface area contributed by atoms with Crippen LogP contribution in [0.25, 0.3) is 0 Å². The van der Waals surface area contributed by atoms with Gasteiger partial charge in [0.05, 0.1) is 0 Å². The van der Waals surface area contributed by atoms with Gasteiger partial charge in [0.15, 0.2) is 6.29 Å². The van der Waals surface area contributed by atoms with E-state index < -0.39 is 18.4 Å². The van der Waals surface area contributed by atoms with Crippen molar-refractivity contribution in [3.05, 3.63) is 59.8 Å². The van der Waals surface area contributed by atoms with Crippen LogP contribution in [-0.4, -0.2) is 34.8 Å². The summed E-state index contributed by atoms with van der Waals surface area (Å²) in [6.45, 7) is 2.66. The normalized spacial score (nSPS) is 20.5. The molecule has 1 aromatic heterocycles. The average molecular weight is 432 g/mol. The number of benzene rings is 1. The van der Waals surface area contributed by atoms with Gasteiger partial charge in [-0.25, -0.2) is 14.6 Å². The summed E-state index contributed by atoms with van der Waals surface area (Å²) in [5.41, 5.74) is 2.36. The molecule has 2 unspecified atom stereocenters. The van der Waals surface area contributed by atoms with Gasteiger partial charge in [0, 0.05) is 18.3 Å². The van der Waals surface area contributed by atoms with E-state index in [9.17, 15) is 9.59 Å². The van der Waals surface area contributed by atoms with Gasteiger partial charge >= 0.3 is 12.1 Å². The number of pyridine rings is 1. The zero-order valence-electron chi connectivity index (χ0n) is 17.7. The largest absolute Gasteiger partial charge is 0.439 e. The summed E-state index contributed by atoms with van der Waals surface area (Å²) in [5, 5.41) is 17.2. The maximum Gasteiger partial charge on any atom is 0.328 e. The number of carbonyl (C=O) groups excluding carboxylic acids is 2. The van der Waals surface area contributed by atoms with E-state index in [1.165, 1.54) is 5.57 Å². The van der Waals surface area contributed by atoms with Crippen LogP contribution in [0.1, 0.15) is 31.9 Å². The smallest absolute Gasteiger partial charge is 0.328 e. The SMILES string of the molecule is CC1=CCC(CN2C(=O)NC(=O)NC2Nc2ccc(Oc3cccc(C#N)n3)cc2)CC1. The summed E-state index contributed by atoms with van der Waals surface area (Å²) in [4.78, 5) is 30.1. The summed E-state index contributed by atoms with van der Waals surface area (Å²) in [6, 6.07) is 13.0. The molecule has 1 aromatic carbocycles. The van der Waals surface area contributed by atoms with Crippen LogP contribution in [0, 0.1) is 17.2 Å². The summed E-state index contributed by atoms with van der Waals surface area (Å²) in [6.07, 6.45) is 4.52. The first-order chi connectivity index (χ1) is 15.5. The molecule has 1 saturated heterocycles. The van der Waals surface area contributed by atoms with E-state index in [0.717, 1.165) is 19.3 Å². The number of imide groups is 1. The fourth-order valence-electron chi connectivity index (χ4n) is 3.72. The number of rotatable bonds is 6. The van der Waals surface area contributed by atoms with Crippen molar-refractivity contribution < 1.29 is 14.3 Å².